The zero-order valence-corrected chi connectivity index (χ0v) is 20.2. The molecule has 0 radical (unpaired) electrons. The number of unbranched alkanes of at least 4 members (excludes halogenated alkanes) is 1. The monoisotopic (exact) mass is 466 g/mol. The van der Waals surface area contributed by atoms with E-state index in [1.165, 1.54) is 44.2 Å². The summed E-state index contributed by atoms with van der Waals surface area (Å²) < 4.78 is 24.0. The molecule has 2 atom stereocenters. The molecule has 0 bridgehead atoms. The van der Waals surface area contributed by atoms with Gasteiger partial charge < -0.3 is 14.6 Å². The highest BCUT2D eigenvalue weighted by molar-refractivity contribution is 5.97. The van der Waals surface area contributed by atoms with Crippen LogP contribution < -0.4 is 10.1 Å². The fourth-order valence-corrected chi connectivity index (χ4v) is 4.80. The first kappa shape index (κ1) is 24.2. The van der Waals surface area contributed by atoms with Crippen LogP contribution in [0.3, 0.4) is 0 Å². The minimum Gasteiger partial charge on any atom is -0.494 e. The largest absolute Gasteiger partial charge is 0.494 e. The fourth-order valence-electron chi connectivity index (χ4n) is 4.80. The van der Waals surface area contributed by atoms with Crippen molar-refractivity contribution in [2.45, 2.75) is 71.1 Å². The fraction of sp³-hybridized carbons (Fsp3) is 0.500. The maximum atomic E-state index is 13.1. The Morgan fingerprint density at radius 1 is 1.15 bits per heavy atom. The highest BCUT2D eigenvalue weighted by Gasteiger charge is 2.23. The molecule has 5 nitrogen and oxygen atoms in total. The lowest BCUT2D eigenvalue weighted by Crippen LogP contribution is -2.31. The quantitative estimate of drug-likeness (QED) is 0.332. The first-order valence-electron chi connectivity index (χ1n) is 12.6. The Kier molecular flexibility index (Phi) is 8.20. The number of benzene rings is 2. The van der Waals surface area contributed by atoms with E-state index in [1.807, 2.05) is 18.2 Å². The zero-order chi connectivity index (χ0) is 23.9. The van der Waals surface area contributed by atoms with Crippen LogP contribution in [0.5, 0.6) is 5.75 Å². The number of fused-ring (bicyclic) bond motifs is 2. The summed E-state index contributed by atoms with van der Waals surface area (Å²) in [5, 5.41) is 8.01. The van der Waals surface area contributed by atoms with E-state index in [4.69, 9.17) is 9.26 Å². The van der Waals surface area contributed by atoms with Gasteiger partial charge in [0.1, 0.15) is 11.6 Å². The first-order chi connectivity index (χ1) is 16.5. The van der Waals surface area contributed by atoms with E-state index >= 15 is 0 Å². The lowest BCUT2D eigenvalue weighted by Gasteiger charge is -2.17. The Bertz CT molecular complexity index is 1110. The van der Waals surface area contributed by atoms with Gasteiger partial charge in [-0.05, 0) is 61.4 Å². The maximum absolute atomic E-state index is 13.1. The molecule has 1 aliphatic carbocycles. The molecule has 2 heterocycles. The van der Waals surface area contributed by atoms with E-state index in [-0.39, 0.29) is 11.7 Å². The molecule has 2 aliphatic rings. The smallest absolute Gasteiger partial charge is 0.251 e. The van der Waals surface area contributed by atoms with Gasteiger partial charge in [-0.2, -0.15) is 0 Å². The number of hydrogen-bond acceptors (Lipinski definition) is 4. The molecule has 2 unspecified atom stereocenters. The van der Waals surface area contributed by atoms with Crippen LogP contribution in [0, 0.1) is 11.7 Å². The first-order valence-corrected chi connectivity index (χ1v) is 12.6. The Morgan fingerprint density at radius 3 is 2.88 bits per heavy atom. The summed E-state index contributed by atoms with van der Waals surface area (Å²) in [6.45, 7) is 5.90. The van der Waals surface area contributed by atoms with Crippen molar-refractivity contribution in [1.82, 2.24) is 10.5 Å². The van der Waals surface area contributed by atoms with Gasteiger partial charge in [0.25, 0.3) is 5.91 Å². The van der Waals surface area contributed by atoms with E-state index in [1.54, 1.807) is 6.07 Å². The summed E-state index contributed by atoms with van der Waals surface area (Å²) in [4.78, 5) is 11.6. The van der Waals surface area contributed by atoms with E-state index in [0.29, 0.717) is 11.5 Å². The second-order valence-corrected chi connectivity index (χ2v) is 9.55. The van der Waals surface area contributed by atoms with Gasteiger partial charge in [0.2, 0.25) is 0 Å². The van der Waals surface area contributed by atoms with Gasteiger partial charge in [-0.3, -0.25) is 4.79 Å². The molecular weight excluding hydrogens is 431 g/mol. The number of rotatable bonds is 5. The van der Waals surface area contributed by atoms with Crippen LogP contribution >= 0.6 is 0 Å². The molecular formula is C28H35FN2O3. The van der Waals surface area contributed by atoms with Gasteiger partial charge >= 0.3 is 0 Å². The van der Waals surface area contributed by atoms with Crippen LogP contribution in [-0.4, -0.2) is 24.2 Å². The van der Waals surface area contributed by atoms with Crippen LogP contribution in [0.15, 0.2) is 40.9 Å². The van der Waals surface area contributed by atoms with Gasteiger partial charge in [0.05, 0.1) is 12.3 Å². The van der Waals surface area contributed by atoms with E-state index < -0.39 is 0 Å². The van der Waals surface area contributed by atoms with Crippen LogP contribution in [0.25, 0.3) is 11.0 Å². The van der Waals surface area contributed by atoms with Gasteiger partial charge in [-0.15, -0.1) is 0 Å². The minimum atomic E-state index is -0.264. The molecule has 6 heteroatoms. The average molecular weight is 467 g/mol. The van der Waals surface area contributed by atoms with Crippen molar-refractivity contribution in [3.05, 3.63) is 59.0 Å². The number of hydrogen-bond donors (Lipinski definition) is 1. The van der Waals surface area contributed by atoms with Crippen LogP contribution in [0.1, 0.15) is 86.3 Å². The number of amides is 1. The van der Waals surface area contributed by atoms with Crippen molar-refractivity contribution in [1.29, 1.82) is 0 Å². The summed E-state index contributed by atoms with van der Waals surface area (Å²) >= 11 is 0. The van der Waals surface area contributed by atoms with Gasteiger partial charge in [-0.25, -0.2) is 4.39 Å². The number of halogens is 1. The van der Waals surface area contributed by atoms with Crippen molar-refractivity contribution >= 4 is 16.9 Å². The lowest BCUT2D eigenvalue weighted by molar-refractivity contribution is 0.0945. The molecule has 1 N–H and O–H groups in total. The number of ether oxygens (including phenoxy) is 1. The molecule has 1 aromatic heterocycles. The molecule has 2 aromatic carbocycles. The number of nitrogens with one attached hydrogen (secondary N) is 1. The molecule has 1 aliphatic heterocycles. The average Bonchev–Trinajstić information content (AvgIpc) is 3.13. The molecule has 1 fully saturated rings. The normalized spacial score (nSPS) is 20.0. The minimum absolute atomic E-state index is 0.0159. The Hall–Kier alpha value is -2.89. The summed E-state index contributed by atoms with van der Waals surface area (Å²) in [7, 11) is 0. The van der Waals surface area contributed by atoms with Crippen LogP contribution in [0.2, 0.25) is 0 Å². The second kappa shape index (κ2) is 11.5. The Labute approximate surface area is 201 Å². The van der Waals surface area contributed by atoms with E-state index in [2.05, 4.69) is 24.3 Å². The highest BCUT2D eigenvalue weighted by Crippen LogP contribution is 2.36. The van der Waals surface area contributed by atoms with Gasteiger partial charge in [0.15, 0.2) is 5.58 Å². The summed E-state index contributed by atoms with van der Waals surface area (Å²) in [5.74, 6) is 1.83. The third kappa shape index (κ3) is 5.96. The molecule has 0 spiro atoms. The maximum Gasteiger partial charge on any atom is 0.251 e. The highest BCUT2D eigenvalue weighted by atomic mass is 19.1. The summed E-state index contributed by atoms with van der Waals surface area (Å²) in [6.07, 6.45) is 9.22. The van der Waals surface area contributed by atoms with Crippen molar-refractivity contribution < 1.29 is 18.4 Å². The number of carbonyl (C=O) groups is 1. The number of carbonyl (C=O) groups excluding carboxylic acids is 1. The third-order valence-corrected chi connectivity index (χ3v) is 6.88. The summed E-state index contributed by atoms with van der Waals surface area (Å²) in [5.41, 5.74) is 3.48. The molecule has 34 heavy (non-hydrogen) atoms. The second-order valence-electron chi connectivity index (χ2n) is 9.55. The molecule has 1 saturated carbocycles. The van der Waals surface area contributed by atoms with Crippen LogP contribution in [-0.2, 0) is 6.42 Å². The van der Waals surface area contributed by atoms with Crippen LogP contribution in [0.4, 0.5) is 4.39 Å². The van der Waals surface area contributed by atoms with Crippen molar-refractivity contribution in [3.8, 4) is 5.75 Å². The molecule has 0 saturated heterocycles. The molecule has 1 amide bonds. The molecule has 182 valence electrons. The summed E-state index contributed by atoms with van der Waals surface area (Å²) in [6, 6.07) is 10.5. The third-order valence-electron chi connectivity index (χ3n) is 6.88. The predicted molar refractivity (Wildman–Crippen MR) is 132 cm³/mol. The Balaban J connectivity index is 0.000000162. The van der Waals surface area contributed by atoms with Gasteiger partial charge in [0, 0.05) is 29.5 Å². The Morgan fingerprint density at radius 2 is 2.03 bits per heavy atom. The SMILES string of the molecule is CC1CCCC(c2noc3cc(F)ccc23)CC1.CCCCOc1ccc2c(c1)C(=O)NCC2. The number of nitrogens with zero attached hydrogens (tertiary/aromatic N) is 1. The van der Waals surface area contributed by atoms with E-state index in [9.17, 15) is 9.18 Å². The van der Waals surface area contributed by atoms with Crippen molar-refractivity contribution in [2.24, 2.45) is 5.92 Å². The topological polar surface area (TPSA) is 64.4 Å². The number of aromatic nitrogens is 1. The van der Waals surface area contributed by atoms with Crippen molar-refractivity contribution in [3.63, 3.8) is 0 Å². The standard InChI is InChI=1S/C15H18FNO.C13H17NO2/c1-10-3-2-4-11(6-5-10)15-13-8-7-12(16)9-14(13)18-17-15;1-2-3-8-16-11-5-4-10-6-7-14-13(15)12(10)9-11/h7-11H,2-6H2,1H3;4-5,9H,2-3,6-8H2,1H3,(H,14,15). The van der Waals surface area contributed by atoms with Gasteiger partial charge in [-0.1, -0.05) is 50.8 Å². The van der Waals surface area contributed by atoms with E-state index in [0.717, 1.165) is 66.3 Å². The van der Waals surface area contributed by atoms with Crippen molar-refractivity contribution in [2.75, 3.05) is 13.2 Å². The predicted octanol–water partition coefficient (Wildman–Crippen LogP) is 6.80. The molecule has 5 rings (SSSR count). The zero-order valence-electron chi connectivity index (χ0n) is 20.2. The lowest BCUT2D eigenvalue weighted by atomic mass is 9.94. The molecule has 3 aromatic rings.